The van der Waals surface area contributed by atoms with E-state index in [1.807, 2.05) is 42.5 Å². The highest BCUT2D eigenvalue weighted by atomic mass is 32.2. The highest BCUT2D eigenvalue weighted by molar-refractivity contribution is 7.90. The van der Waals surface area contributed by atoms with Gasteiger partial charge in [0.05, 0.1) is 10.6 Å². The van der Waals surface area contributed by atoms with Gasteiger partial charge in [-0.1, -0.05) is 54.6 Å². The number of benzene rings is 3. The summed E-state index contributed by atoms with van der Waals surface area (Å²) in [4.78, 5) is 3.81. The number of fused-ring (bicyclic) bond motifs is 1. The number of hydrogen-bond acceptors (Lipinski definition) is 3. The molecule has 27 heavy (non-hydrogen) atoms. The third kappa shape index (κ3) is 3.27. The van der Waals surface area contributed by atoms with Gasteiger partial charge in [0, 0.05) is 29.3 Å². The number of rotatable bonds is 4. The number of sulfone groups is 1. The molecule has 0 saturated heterocycles. The number of nitrogens with two attached hydrogens (primary N) is 1. The molecule has 0 aliphatic heterocycles. The number of hydrogen-bond donors (Lipinski definition) is 2. The fraction of sp³-hybridized carbons (Fsp3) is 0.0909. The van der Waals surface area contributed by atoms with Crippen molar-refractivity contribution in [3.05, 3.63) is 78.4 Å². The maximum atomic E-state index is 11.8. The van der Waals surface area contributed by atoms with Crippen molar-refractivity contribution in [2.75, 3.05) is 6.26 Å². The predicted molar refractivity (Wildman–Crippen MR) is 110 cm³/mol. The van der Waals surface area contributed by atoms with E-state index >= 15 is 0 Å². The van der Waals surface area contributed by atoms with Crippen molar-refractivity contribution in [2.45, 2.75) is 11.4 Å². The van der Waals surface area contributed by atoms with E-state index in [1.165, 1.54) is 6.26 Å². The minimum atomic E-state index is -3.22. The van der Waals surface area contributed by atoms with Gasteiger partial charge in [0.25, 0.3) is 0 Å². The Labute approximate surface area is 158 Å². The number of aromatic amines is 1. The molecule has 136 valence electrons. The molecule has 4 nitrogen and oxygen atoms in total. The molecule has 0 amide bonds. The Morgan fingerprint density at radius 1 is 0.852 bits per heavy atom. The summed E-state index contributed by atoms with van der Waals surface area (Å²) >= 11 is 0. The summed E-state index contributed by atoms with van der Waals surface area (Å²) in [6, 6.07) is 23.4. The average Bonchev–Trinajstić information content (AvgIpc) is 3.07. The van der Waals surface area contributed by atoms with Crippen LogP contribution in [0.1, 0.15) is 5.56 Å². The Morgan fingerprint density at radius 3 is 2.11 bits per heavy atom. The van der Waals surface area contributed by atoms with Crippen molar-refractivity contribution in [1.29, 1.82) is 0 Å². The Morgan fingerprint density at radius 2 is 1.48 bits per heavy atom. The van der Waals surface area contributed by atoms with Crippen LogP contribution in [-0.2, 0) is 16.4 Å². The zero-order valence-corrected chi connectivity index (χ0v) is 15.8. The van der Waals surface area contributed by atoms with Crippen molar-refractivity contribution in [3.8, 4) is 22.4 Å². The van der Waals surface area contributed by atoms with Gasteiger partial charge in [0.2, 0.25) is 0 Å². The summed E-state index contributed by atoms with van der Waals surface area (Å²) in [7, 11) is -3.22. The van der Waals surface area contributed by atoms with Gasteiger partial charge in [0.1, 0.15) is 0 Å². The maximum Gasteiger partial charge on any atom is 0.175 e. The first kappa shape index (κ1) is 17.5. The molecular weight excluding hydrogens is 356 g/mol. The van der Waals surface area contributed by atoms with Crippen LogP contribution in [-0.4, -0.2) is 19.7 Å². The van der Waals surface area contributed by atoms with E-state index in [1.54, 1.807) is 12.1 Å². The molecule has 0 aliphatic rings. The van der Waals surface area contributed by atoms with Crippen LogP contribution in [0.2, 0.25) is 0 Å². The smallest absolute Gasteiger partial charge is 0.175 e. The molecule has 0 bridgehead atoms. The molecule has 0 spiro atoms. The van der Waals surface area contributed by atoms with Crippen LogP contribution in [0.15, 0.2) is 77.7 Å². The summed E-state index contributed by atoms with van der Waals surface area (Å²) < 4.78 is 23.5. The number of H-pyrrole nitrogens is 1. The topological polar surface area (TPSA) is 76.0 Å². The summed E-state index contributed by atoms with van der Waals surface area (Å²) in [5.74, 6) is 0. The molecule has 5 heteroatoms. The lowest BCUT2D eigenvalue weighted by molar-refractivity contribution is 0.602. The van der Waals surface area contributed by atoms with E-state index in [-0.39, 0.29) is 0 Å². The van der Waals surface area contributed by atoms with E-state index in [0.717, 1.165) is 38.9 Å². The van der Waals surface area contributed by atoms with Gasteiger partial charge in [0.15, 0.2) is 9.84 Å². The van der Waals surface area contributed by atoms with Crippen molar-refractivity contribution in [1.82, 2.24) is 4.98 Å². The van der Waals surface area contributed by atoms with Crippen LogP contribution < -0.4 is 5.73 Å². The molecule has 0 aliphatic carbocycles. The van der Waals surface area contributed by atoms with Gasteiger partial charge in [-0.25, -0.2) is 8.42 Å². The monoisotopic (exact) mass is 376 g/mol. The van der Waals surface area contributed by atoms with E-state index in [4.69, 9.17) is 5.73 Å². The zero-order chi connectivity index (χ0) is 19.0. The summed E-state index contributed by atoms with van der Waals surface area (Å²) in [5, 5.41) is 1.13. The molecule has 0 radical (unpaired) electrons. The third-order valence-corrected chi connectivity index (χ3v) is 5.88. The Bertz CT molecular complexity index is 1210. The van der Waals surface area contributed by atoms with Crippen LogP contribution in [0.25, 0.3) is 33.3 Å². The second kappa shape index (κ2) is 6.68. The standard InChI is InChI=1S/C22H20N2O2S/c1-27(25,26)18-12-10-17(11-13-18)22-21(16-8-6-15(14-23)7-9-16)19-4-2-3-5-20(19)24-22/h2-13,24H,14,23H2,1H3. The largest absolute Gasteiger partial charge is 0.354 e. The molecule has 0 unspecified atom stereocenters. The van der Waals surface area contributed by atoms with E-state index in [9.17, 15) is 8.42 Å². The second-order valence-electron chi connectivity index (χ2n) is 6.62. The normalized spacial score (nSPS) is 11.8. The first-order valence-electron chi connectivity index (χ1n) is 8.68. The van der Waals surface area contributed by atoms with Gasteiger partial charge in [-0.05, 0) is 34.9 Å². The number of nitrogens with one attached hydrogen (secondary N) is 1. The summed E-state index contributed by atoms with van der Waals surface area (Å²) in [6.07, 6.45) is 1.22. The average molecular weight is 376 g/mol. The molecule has 3 N–H and O–H groups in total. The highest BCUT2D eigenvalue weighted by Crippen LogP contribution is 2.38. The molecule has 0 atom stereocenters. The fourth-order valence-electron chi connectivity index (χ4n) is 3.33. The first-order valence-corrected chi connectivity index (χ1v) is 10.6. The Kier molecular flexibility index (Phi) is 4.34. The van der Waals surface area contributed by atoms with Crippen LogP contribution in [0, 0.1) is 0 Å². The summed E-state index contributed by atoms with van der Waals surface area (Å²) in [5.41, 5.74) is 11.9. The van der Waals surface area contributed by atoms with Crippen LogP contribution in [0.3, 0.4) is 0 Å². The molecule has 0 saturated carbocycles. The highest BCUT2D eigenvalue weighted by Gasteiger charge is 2.15. The molecular formula is C22H20N2O2S. The number of para-hydroxylation sites is 1. The minimum absolute atomic E-state index is 0.316. The lowest BCUT2D eigenvalue weighted by Crippen LogP contribution is -1.96. The van der Waals surface area contributed by atoms with Gasteiger partial charge < -0.3 is 10.7 Å². The van der Waals surface area contributed by atoms with E-state index in [2.05, 4.69) is 23.2 Å². The van der Waals surface area contributed by atoms with Crippen molar-refractivity contribution in [3.63, 3.8) is 0 Å². The zero-order valence-electron chi connectivity index (χ0n) is 14.9. The molecule has 4 aromatic rings. The van der Waals surface area contributed by atoms with Crippen molar-refractivity contribution >= 4 is 20.7 Å². The Balaban J connectivity index is 1.92. The molecule has 4 rings (SSSR count). The number of aromatic nitrogens is 1. The predicted octanol–water partition coefficient (Wildman–Crippen LogP) is 4.36. The Hall–Kier alpha value is -2.89. The van der Waals surface area contributed by atoms with Crippen molar-refractivity contribution in [2.24, 2.45) is 5.73 Å². The van der Waals surface area contributed by atoms with Crippen LogP contribution >= 0.6 is 0 Å². The fourth-order valence-corrected chi connectivity index (χ4v) is 3.97. The van der Waals surface area contributed by atoms with Crippen molar-refractivity contribution < 1.29 is 8.42 Å². The lowest BCUT2D eigenvalue weighted by Gasteiger charge is -2.08. The quantitative estimate of drug-likeness (QED) is 0.555. The van der Waals surface area contributed by atoms with Crippen LogP contribution in [0.4, 0.5) is 0 Å². The van der Waals surface area contributed by atoms with Gasteiger partial charge >= 0.3 is 0 Å². The molecule has 0 fully saturated rings. The molecule has 1 aromatic heterocycles. The lowest BCUT2D eigenvalue weighted by atomic mass is 9.97. The second-order valence-corrected chi connectivity index (χ2v) is 8.63. The third-order valence-electron chi connectivity index (χ3n) is 4.76. The summed E-state index contributed by atoms with van der Waals surface area (Å²) in [6.45, 7) is 0.508. The van der Waals surface area contributed by atoms with E-state index in [0.29, 0.717) is 11.4 Å². The molecule has 3 aromatic carbocycles. The van der Waals surface area contributed by atoms with E-state index < -0.39 is 9.84 Å². The van der Waals surface area contributed by atoms with Gasteiger partial charge in [-0.2, -0.15) is 0 Å². The van der Waals surface area contributed by atoms with Gasteiger partial charge in [-0.15, -0.1) is 0 Å². The minimum Gasteiger partial charge on any atom is -0.354 e. The first-order chi connectivity index (χ1) is 13.0. The molecule has 1 heterocycles. The SMILES string of the molecule is CS(=O)(=O)c1ccc(-c2[nH]c3ccccc3c2-c2ccc(CN)cc2)cc1. The van der Waals surface area contributed by atoms with Gasteiger partial charge in [-0.3, -0.25) is 0 Å². The van der Waals surface area contributed by atoms with Crippen LogP contribution in [0.5, 0.6) is 0 Å². The maximum absolute atomic E-state index is 11.8.